The van der Waals surface area contributed by atoms with Crippen molar-refractivity contribution in [3.8, 4) is 0 Å². The lowest BCUT2D eigenvalue weighted by molar-refractivity contribution is 0.569. The predicted molar refractivity (Wildman–Crippen MR) is 112 cm³/mol. The van der Waals surface area contributed by atoms with Crippen molar-refractivity contribution < 1.29 is 8.42 Å². The molecule has 0 saturated heterocycles. The summed E-state index contributed by atoms with van der Waals surface area (Å²) in [6.07, 6.45) is 1.51. The third-order valence-corrected chi connectivity index (χ3v) is 6.41. The van der Waals surface area contributed by atoms with Gasteiger partial charge in [0.05, 0.1) is 12.2 Å². The van der Waals surface area contributed by atoms with E-state index in [9.17, 15) is 8.42 Å². The van der Waals surface area contributed by atoms with E-state index in [1.54, 1.807) is 43.4 Å². The quantitative estimate of drug-likeness (QED) is 0.497. The van der Waals surface area contributed by atoms with E-state index in [1.807, 2.05) is 6.92 Å². The first kappa shape index (κ1) is 19.7. The second kappa shape index (κ2) is 7.33. The van der Waals surface area contributed by atoms with Gasteiger partial charge in [0.2, 0.25) is 0 Å². The zero-order valence-electron chi connectivity index (χ0n) is 15.4. The van der Waals surface area contributed by atoms with Gasteiger partial charge in [-0.2, -0.15) is 20.1 Å². The Kier molecular flexibility index (Phi) is 4.97. The van der Waals surface area contributed by atoms with Gasteiger partial charge in [0.15, 0.2) is 0 Å². The molecule has 0 aliphatic carbocycles. The van der Waals surface area contributed by atoms with Crippen LogP contribution in [0.1, 0.15) is 18.5 Å². The van der Waals surface area contributed by atoms with Crippen LogP contribution in [0.4, 0.5) is 5.82 Å². The van der Waals surface area contributed by atoms with Crippen molar-refractivity contribution in [2.75, 3.05) is 4.72 Å². The first-order valence-corrected chi connectivity index (χ1v) is 10.8. The summed E-state index contributed by atoms with van der Waals surface area (Å²) >= 11 is 12.4. The Labute approximate surface area is 177 Å². The molecule has 0 aliphatic rings. The smallest absolute Gasteiger partial charge is 0.263 e. The van der Waals surface area contributed by atoms with Crippen molar-refractivity contribution in [3.63, 3.8) is 0 Å². The highest BCUT2D eigenvalue weighted by molar-refractivity contribution is 7.93. The van der Waals surface area contributed by atoms with Crippen molar-refractivity contribution >= 4 is 50.1 Å². The van der Waals surface area contributed by atoms with E-state index < -0.39 is 10.0 Å². The number of rotatable bonds is 5. The molecular weight excluding hydrogens is 435 g/mol. The van der Waals surface area contributed by atoms with Gasteiger partial charge in [-0.1, -0.05) is 29.3 Å². The molecule has 8 nitrogen and oxygen atoms in total. The molecule has 0 radical (unpaired) electrons. The van der Waals surface area contributed by atoms with E-state index in [2.05, 4.69) is 20.0 Å². The first-order valence-electron chi connectivity index (χ1n) is 8.57. The number of hydrogen-bond donors (Lipinski definition) is 1. The van der Waals surface area contributed by atoms with Gasteiger partial charge in [-0.3, -0.25) is 4.72 Å². The fourth-order valence-corrected chi connectivity index (χ4v) is 4.76. The molecule has 4 rings (SSSR count). The molecule has 29 heavy (non-hydrogen) atoms. The van der Waals surface area contributed by atoms with E-state index in [0.717, 1.165) is 5.56 Å². The molecule has 1 N–H and O–H groups in total. The van der Waals surface area contributed by atoms with Crippen LogP contribution in [0.5, 0.6) is 0 Å². The summed E-state index contributed by atoms with van der Waals surface area (Å²) in [5, 5.41) is 13.6. The lowest BCUT2D eigenvalue weighted by atomic mass is 10.1. The lowest BCUT2D eigenvalue weighted by Crippen LogP contribution is -2.19. The number of fused-ring (bicyclic) bond motifs is 1. The highest BCUT2D eigenvalue weighted by Gasteiger charge is 2.23. The van der Waals surface area contributed by atoms with E-state index in [-0.39, 0.29) is 16.8 Å². The fourth-order valence-electron chi connectivity index (χ4n) is 3.09. The summed E-state index contributed by atoms with van der Waals surface area (Å²) in [6, 6.07) is 11.1. The van der Waals surface area contributed by atoms with E-state index in [1.165, 1.54) is 21.7 Å². The van der Waals surface area contributed by atoms with Crippen molar-refractivity contribution in [2.45, 2.75) is 17.9 Å². The SMILES string of the molecule is CC(c1cc(Cl)ccc1Cl)n1nccc1NS(=O)(=O)c1cccc2nn(C)nc12. The Morgan fingerprint density at radius 1 is 1.10 bits per heavy atom. The zero-order valence-corrected chi connectivity index (χ0v) is 17.7. The van der Waals surface area contributed by atoms with Gasteiger partial charge in [0.1, 0.15) is 21.7 Å². The number of hydrogen-bond acceptors (Lipinski definition) is 5. The minimum atomic E-state index is -3.94. The second-order valence-electron chi connectivity index (χ2n) is 6.42. The Bertz CT molecular complexity index is 1320. The summed E-state index contributed by atoms with van der Waals surface area (Å²) in [5.74, 6) is 0.287. The molecule has 2 aromatic carbocycles. The number of anilines is 1. The Hall–Kier alpha value is -2.62. The van der Waals surface area contributed by atoms with Crippen LogP contribution in [0.25, 0.3) is 11.0 Å². The van der Waals surface area contributed by atoms with Gasteiger partial charge in [0.25, 0.3) is 10.0 Å². The maximum Gasteiger partial charge on any atom is 0.265 e. The molecule has 150 valence electrons. The summed E-state index contributed by atoms with van der Waals surface area (Å²) in [5.41, 5.74) is 1.50. The van der Waals surface area contributed by atoms with Gasteiger partial charge in [-0.05, 0) is 42.8 Å². The van der Waals surface area contributed by atoms with Crippen molar-refractivity contribution in [1.29, 1.82) is 0 Å². The van der Waals surface area contributed by atoms with Crippen LogP contribution < -0.4 is 4.72 Å². The molecule has 0 bridgehead atoms. The number of sulfonamides is 1. The predicted octanol–water partition coefficient (Wildman–Crippen LogP) is 3.88. The van der Waals surface area contributed by atoms with Gasteiger partial charge >= 0.3 is 0 Å². The van der Waals surface area contributed by atoms with Crippen LogP contribution in [-0.4, -0.2) is 33.2 Å². The lowest BCUT2D eigenvalue weighted by Gasteiger charge is -2.18. The molecule has 11 heteroatoms. The van der Waals surface area contributed by atoms with Crippen LogP contribution >= 0.6 is 23.2 Å². The average Bonchev–Trinajstić information content (AvgIpc) is 3.27. The van der Waals surface area contributed by atoms with Gasteiger partial charge < -0.3 is 0 Å². The minimum absolute atomic E-state index is 0.0318. The van der Waals surface area contributed by atoms with Crippen LogP contribution in [0.3, 0.4) is 0 Å². The number of nitrogens with one attached hydrogen (secondary N) is 1. The standard InChI is InChI=1S/C18H16Cl2N6O2S/c1-11(13-10-12(19)6-7-14(13)20)26-17(8-9-21-26)24-29(27,28)16-5-3-4-15-18(16)23-25(2)22-15/h3-11,24H,1-2H3. The first-order chi connectivity index (χ1) is 13.8. The van der Waals surface area contributed by atoms with Gasteiger partial charge in [0, 0.05) is 23.2 Å². The van der Waals surface area contributed by atoms with Gasteiger partial charge in [-0.15, -0.1) is 0 Å². The molecular formula is C18H16Cl2N6O2S. The van der Waals surface area contributed by atoms with Crippen LogP contribution in [-0.2, 0) is 17.1 Å². The Morgan fingerprint density at radius 2 is 1.90 bits per heavy atom. The van der Waals surface area contributed by atoms with Crippen molar-refractivity contribution in [3.05, 3.63) is 64.3 Å². The maximum absolute atomic E-state index is 13.1. The normalized spacial score (nSPS) is 13.0. The average molecular weight is 451 g/mol. The largest absolute Gasteiger partial charge is 0.265 e. The molecule has 0 fully saturated rings. The number of aryl methyl sites for hydroxylation is 1. The molecule has 0 spiro atoms. The van der Waals surface area contributed by atoms with E-state index >= 15 is 0 Å². The topological polar surface area (TPSA) is 94.7 Å². The summed E-state index contributed by atoms with van der Waals surface area (Å²) in [4.78, 5) is 1.36. The molecule has 4 aromatic rings. The number of aromatic nitrogens is 5. The molecule has 1 unspecified atom stereocenters. The zero-order chi connectivity index (χ0) is 20.8. The van der Waals surface area contributed by atoms with Crippen molar-refractivity contribution in [2.24, 2.45) is 7.05 Å². The molecule has 1 atom stereocenters. The van der Waals surface area contributed by atoms with Crippen LogP contribution in [0.2, 0.25) is 10.0 Å². The monoisotopic (exact) mass is 450 g/mol. The third-order valence-electron chi connectivity index (χ3n) is 4.45. The third kappa shape index (κ3) is 3.68. The Balaban J connectivity index is 1.72. The number of benzene rings is 2. The molecule has 2 heterocycles. The number of nitrogens with zero attached hydrogens (tertiary/aromatic N) is 5. The minimum Gasteiger partial charge on any atom is -0.263 e. The summed E-state index contributed by atoms with van der Waals surface area (Å²) < 4.78 is 30.3. The second-order valence-corrected chi connectivity index (χ2v) is 8.92. The highest BCUT2D eigenvalue weighted by Crippen LogP contribution is 2.31. The molecule has 2 aromatic heterocycles. The fraction of sp³-hybridized carbons (Fsp3) is 0.167. The van der Waals surface area contributed by atoms with Crippen molar-refractivity contribution in [1.82, 2.24) is 24.8 Å². The molecule has 0 aliphatic heterocycles. The summed E-state index contributed by atoms with van der Waals surface area (Å²) in [7, 11) is -2.30. The maximum atomic E-state index is 13.1. The molecule has 0 amide bonds. The van der Waals surface area contributed by atoms with Crippen LogP contribution in [0, 0.1) is 0 Å². The number of halogens is 2. The van der Waals surface area contributed by atoms with Gasteiger partial charge in [-0.25, -0.2) is 13.1 Å². The summed E-state index contributed by atoms with van der Waals surface area (Å²) in [6.45, 7) is 1.85. The van der Waals surface area contributed by atoms with Crippen LogP contribution in [0.15, 0.2) is 53.6 Å². The highest BCUT2D eigenvalue weighted by atomic mass is 35.5. The van der Waals surface area contributed by atoms with E-state index in [0.29, 0.717) is 21.1 Å². The molecule has 0 saturated carbocycles. The Morgan fingerprint density at radius 3 is 2.69 bits per heavy atom. The van der Waals surface area contributed by atoms with E-state index in [4.69, 9.17) is 23.2 Å².